The highest BCUT2D eigenvalue weighted by molar-refractivity contribution is 7.87. The first-order valence-corrected chi connectivity index (χ1v) is 12.6. The van der Waals surface area contributed by atoms with Gasteiger partial charge in [-0.1, -0.05) is 45.1 Å². The SMILES string of the molecule is CCCCCCCCS(=O)c1sc2nc(-c3cccs3)cc(C(F)(F)F)c2c1N. The highest BCUT2D eigenvalue weighted by Gasteiger charge is 2.36. The second-order valence-electron chi connectivity index (χ2n) is 6.83. The molecule has 0 aliphatic carbocycles. The average Bonchev–Trinajstić information content (AvgIpc) is 3.31. The smallest absolute Gasteiger partial charge is 0.396 e. The molecule has 9 heteroatoms. The number of nitrogens with zero attached hydrogens (tertiary/aromatic N) is 1. The van der Waals surface area contributed by atoms with E-state index in [1.165, 1.54) is 17.8 Å². The van der Waals surface area contributed by atoms with Gasteiger partial charge in [0.25, 0.3) is 0 Å². The first-order valence-electron chi connectivity index (χ1n) is 9.55. The molecule has 0 saturated heterocycles. The van der Waals surface area contributed by atoms with Crippen LogP contribution in [-0.2, 0) is 17.0 Å². The van der Waals surface area contributed by atoms with E-state index in [4.69, 9.17) is 5.73 Å². The van der Waals surface area contributed by atoms with Gasteiger partial charge in [0.05, 0.1) is 32.6 Å². The Kier molecular flexibility index (Phi) is 7.34. The lowest BCUT2D eigenvalue weighted by molar-refractivity contribution is -0.136. The average molecular weight is 461 g/mol. The Hall–Kier alpha value is -1.45. The van der Waals surface area contributed by atoms with Gasteiger partial charge in [-0.05, 0) is 23.9 Å². The summed E-state index contributed by atoms with van der Waals surface area (Å²) in [5.74, 6) is 0.405. The largest absolute Gasteiger partial charge is 0.417 e. The highest BCUT2D eigenvalue weighted by atomic mass is 32.2. The predicted molar refractivity (Wildman–Crippen MR) is 117 cm³/mol. The number of hydrogen-bond acceptors (Lipinski definition) is 5. The molecule has 3 nitrogen and oxygen atoms in total. The number of nitrogens with two attached hydrogens (primary N) is 1. The monoisotopic (exact) mass is 460 g/mol. The van der Waals surface area contributed by atoms with E-state index in [2.05, 4.69) is 11.9 Å². The molecule has 0 spiro atoms. The van der Waals surface area contributed by atoms with Crippen molar-refractivity contribution in [1.82, 2.24) is 4.98 Å². The van der Waals surface area contributed by atoms with Crippen LogP contribution in [0.1, 0.15) is 51.0 Å². The van der Waals surface area contributed by atoms with Crippen LogP contribution in [-0.4, -0.2) is 14.9 Å². The van der Waals surface area contributed by atoms with Gasteiger partial charge >= 0.3 is 6.18 Å². The molecule has 158 valence electrons. The number of alkyl halides is 3. The van der Waals surface area contributed by atoms with Crippen molar-refractivity contribution in [1.29, 1.82) is 0 Å². The van der Waals surface area contributed by atoms with E-state index in [-0.39, 0.29) is 21.6 Å². The molecule has 0 fully saturated rings. The van der Waals surface area contributed by atoms with E-state index in [1.807, 2.05) is 0 Å². The molecule has 3 aromatic rings. The number of fused-ring (bicyclic) bond motifs is 1. The first kappa shape index (κ1) is 22.2. The summed E-state index contributed by atoms with van der Waals surface area (Å²) in [6.45, 7) is 2.15. The first-order chi connectivity index (χ1) is 13.8. The van der Waals surface area contributed by atoms with Gasteiger partial charge in [-0.3, -0.25) is 4.21 Å². The molecule has 2 N–H and O–H groups in total. The van der Waals surface area contributed by atoms with Gasteiger partial charge in [0.2, 0.25) is 0 Å². The zero-order chi connectivity index (χ0) is 21.0. The van der Waals surface area contributed by atoms with Gasteiger partial charge in [-0.25, -0.2) is 4.98 Å². The Morgan fingerprint density at radius 2 is 1.90 bits per heavy atom. The summed E-state index contributed by atoms with van der Waals surface area (Å²) in [5.41, 5.74) is 5.45. The third-order valence-corrected chi connectivity index (χ3v) is 8.52. The maximum absolute atomic E-state index is 13.7. The summed E-state index contributed by atoms with van der Waals surface area (Å²) in [6.07, 6.45) is 1.74. The molecule has 3 heterocycles. The third-order valence-electron chi connectivity index (χ3n) is 4.63. The highest BCUT2D eigenvalue weighted by Crippen LogP contribution is 2.44. The molecule has 3 aromatic heterocycles. The van der Waals surface area contributed by atoms with Gasteiger partial charge in [0.15, 0.2) is 0 Å². The zero-order valence-corrected chi connectivity index (χ0v) is 18.5. The van der Waals surface area contributed by atoms with Crippen molar-refractivity contribution >= 4 is 49.4 Å². The predicted octanol–water partition coefficient (Wildman–Crippen LogP) is 7.09. The maximum atomic E-state index is 13.7. The van der Waals surface area contributed by atoms with Crippen molar-refractivity contribution < 1.29 is 17.4 Å². The number of pyridine rings is 1. The lowest BCUT2D eigenvalue weighted by Crippen LogP contribution is -2.07. The minimum Gasteiger partial charge on any atom is -0.396 e. The molecule has 0 aliphatic heterocycles. The van der Waals surface area contributed by atoms with E-state index < -0.39 is 22.5 Å². The van der Waals surface area contributed by atoms with Crippen molar-refractivity contribution in [3.8, 4) is 10.6 Å². The number of nitrogen functional groups attached to an aromatic ring is 1. The van der Waals surface area contributed by atoms with Crippen LogP contribution in [0.3, 0.4) is 0 Å². The molecule has 29 heavy (non-hydrogen) atoms. The van der Waals surface area contributed by atoms with Crippen molar-refractivity contribution in [3.63, 3.8) is 0 Å². The van der Waals surface area contributed by atoms with Crippen molar-refractivity contribution in [2.75, 3.05) is 11.5 Å². The van der Waals surface area contributed by atoms with Gasteiger partial charge in [-0.15, -0.1) is 22.7 Å². The summed E-state index contributed by atoms with van der Waals surface area (Å²) in [7, 11) is -1.42. The second kappa shape index (κ2) is 9.57. The van der Waals surface area contributed by atoms with E-state index in [0.717, 1.165) is 49.5 Å². The number of hydrogen-bond donors (Lipinski definition) is 1. The fourth-order valence-corrected chi connectivity index (χ4v) is 6.55. The van der Waals surface area contributed by atoms with Crippen molar-refractivity contribution in [2.24, 2.45) is 0 Å². The van der Waals surface area contributed by atoms with E-state index in [0.29, 0.717) is 14.8 Å². The number of anilines is 1. The van der Waals surface area contributed by atoms with Crippen LogP contribution in [0.5, 0.6) is 0 Å². The van der Waals surface area contributed by atoms with Crippen LogP contribution < -0.4 is 5.73 Å². The molecule has 0 aromatic carbocycles. The second-order valence-corrected chi connectivity index (χ2v) is 10.5. The van der Waals surface area contributed by atoms with Crippen molar-refractivity contribution in [2.45, 2.75) is 55.8 Å². The summed E-state index contributed by atoms with van der Waals surface area (Å²) in [6, 6.07) is 4.54. The van der Waals surface area contributed by atoms with Crippen LogP contribution >= 0.6 is 22.7 Å². The number of thiophene rings is 2. The molecule has 0 radical (unpaired) electrons. The molecule has 1 unspecified atom stereocenters. The number of rotatable bonds is 9. The molecule has 3 rings (SSSR count). The van der Waals surface area contributed by atoms with E-state index in [9.17, 15) is 17.4 Å². The van der Waals surface area contributed by atoms with Crippen LogP contribution in [0.25, 0.3) is 20.8 Å². The van der Waals surface area contributed by atoms with Gasteiger partial charge in [0.1, 0.15) is 9.04 Å². The summed E-state index contributed by atoms with van der Waals surface area (Å²) >= 11 is 2.34. The molecule has 0 aliphatic rings. The molecule has 0 amide bonds. The minimum absolute atomic E-state index is 0.0492. The van der Waals surface area contributed by atoms with E-state index >= 15 is 0 Å². The molecular weight excluding hydrogens is 437 g/mol. The Bertz CT molecular complexity index is 981. The van der Waals surface area contributed by atoms with E-state index in [1.54, 1.807) is 17.5 Å². The Labute approximate surface area is 178 Å². The summed E-state index contributed by atoms with van der Waals surface area (Å²) in [5, 5.41) is 1.66. The molecule has 0 saturated carbocycles. The Balaban J connectivity index is 1.90. The zero-order valence-electron chi connectivity index (χ0n) is 16.1. The summed E-state index contributed by atoms with van der Waals surface area (Å²) < 4.78 is 54.2. The third kappa shape index (κ3) is 5.19. The fourth-order valence-electron chi connectivity index (χ4n) is 3.15. The normalized spacial score (nSPS) is 13.2. The fraction of sp³-hybridized carbons (Fsp3) is 0.450. The molecular formula is C20H23F3N2OS3. The van der Waals surface area contributed by atoms with Crippen LogP contribution in [0.2, 0.25) is 0 Å². The van der Waals surface area contributed by atoms with Gasteiger partial charge in [0, 0.05) is 11.1 Å². The van der Waals surface area contributed by atoms with Crippen LogP contribution in [0, 0.1) is 0 Å². The maximum Gasteiger partial charge on any atom is 0.417 e. The quantitative estimate of drug-likeness (QED) is 0.347. The molecule has 1 atom stereocenters. The summed E-state index contributed by atoms with van der Waals surface area (Å²) in [4.78, 5) is 5.24. The van der Waals surface area contributed by atoms with Crippen LogP contribution in [0.15, 0.2) is 27.8 Å². The number of halogens is 3. The van der Waals surface area contributed by atoms with Gasteiger partial charge < -0.3 is 5.73 Å². The molecule has 0 bridgehead atoms. The lowest BCUT2D eigenvalue weighted by Gasteiger charge is -2.10. The number of unbranched alkanes of at least 4 members (excludes halogenated alkanes) is 5. The van der Waals surface area contributed by atoms with Crippen LogP contribution in [0.4, 0.5) is 18.9 Å². The Morgan fingerprint density at radius 3 is 2.55 bits per heavy atom. The lowest BCUT2D eigenvalue weighted by atomic mass is 10.1. The standard InChI is InChI=1S/C20H23F3N2OS3/c1-2-3-4-5-6-7-11-29(26)19-17(24)16-13(20(21,22)23)12-14(25-18(16)28-19)15-9-8-10-27-15/h8-10,12H,2-7,11,24H2,1H3. The minimum atomic E-state index is -4.57. The van der Waals surface area contributed by atoms with Crippen molar-refractivity contribution in [3.05, 3.63) is 29.1 Å². The topological polar surface area (TPSA) is 56.0 Å². The Morgan fingerprint density at radius 1 is 1.17 bits per heavy atom. The number of aromatic nitrogens is 1. The van der Waals surface area contributed by atoms with Gasteiger partial charge in [-0.2, -0.15) is 13.2 Å².